The van der Waals surface area contributed by atoms with Gasteiger partial charge in [-0.25, -0.2) is 4.99 Å². The zero-order valence-corrected chi connectivity index (χ0v) is 16.6. The highest BCUT2D eigenvalue weighted by Crippen LogP contribution is 2.17. The molecule has 0 spiro atoms. The van der Waals surface area contributed by atoms with Gasteiger partial charge in [-0.15, -0.1) is 11.3 Å². The van der Waals surface area contributed by atoms with Gasteiger partial charge in [-0.2, -0.15) is 0 Å². The summed E-state index contributed by atoms with van der Waals surface area (Å²) in [6.45, 7) is 8.80. The number of carbonyl (C=O) groups is 1. The van der Waals surface area contributed by atoms with Gasteiger partial charge in [0.15, 0.2) is 5.96 Å². The van der Waals surface area contributed by atoms with E-state index in [1.54, 1.807) is 11.3 Å². The van der Waals surface area contributed by atoms with Crippen LogP contribution in [0.1, 0.15) is 39.5 Å². The van der Waals surface area contributed by atoms with Crippen molar-refractivity contribution in [2.45, 2.75) is 33.7 Å². The van der Waals surface area contributed by atoms with Crippen LogP contribution in [0.15, 0.2) is 41.4 Å². The maximum Gasteiger partial charge on any atom is 0.251 e. The number of amides is 1. The lowest BCUT2D eigenvalue weighted by Gasteiger charge is -2.12. The van der Waals surface area contributed by atoms with E-state index >= 15 is 0 Å². The Hall–Kier alpha value is -2.34. The summed E-state index contributed by atoms with van der Waals surface area (Å²) in [6.07, 6.45) is 1.06. The van der Waals surface area contributed by atoms with Crippen molar-refractivity contribution >= 4 is 23.2 Å². The fraction of sp³-hybridized carbons (Fsp3) is 0.400. The highest BCUT2D eigenvalue weighted by atomic mass is 32.1. The van der Waals surface area contributed by atoms with E-state index in [0.29, 0.717) is 25.2 Å². The first kappa shape index (κ1) is 20.0. The maximum atomic E-state index is 12.1. The number of carbonyl (C=O) groups excluding carboxylic acids is 1. The molecule has 0 aliphatic carbocycles. The number of hydrogen-bond donors (Lipinski definition) is 3. The van der Waals surface area contributed by atoms with Gasteiger partial charge in [-0.3, -0.25) is 4.79 Å². The van der Waals surface area contributed by atoms with Crippen LogP contribution in [-0.2, 0) is 13.0 Å². The molecule has 5 nitrogen and oxygen atoms in total. The molecule has 1 heterocycles. The van der Waals surface area contributed by atoms with Crippen LogP contribution in [0.5, 0.6) is 0 Å². The molecule has 1 aromatic heterocycles. The largest absolute Gasteiger partial charge is 0.357 e. The molecular formula is C20H28N4OS. The average Bonchev–Trinajstić information content (AvgIpc) is 3.11. The van der Waals surface area contributed by atoms with Crippen molar-refractivity contribution in [3.63, 3.8) is 0 Å². The van der Waals surface area contributed by atoms with Gasteiger partial charge < -0.3 is 16.0 Å². The monoisotopic (exact) mass is 372 g/mol. The minimum atomic E-state index is -0.0527. The summed E-state index contributed by atoms with van der Waals surface area (Å²) in [5.74, 6) is 0.715. The molecule has 0 atom stereocenters. The summed E-state index contributed by atoms with van der Waals surface area (Å²) >= 11 is 1.80. The first-order valence-electron chi connectivity index (χ1n) is 9.07. The number of rotatable bonds is 8. The second-order valence-electron chi connectivity index (χ2n) is 5.97. The van der Waals surface area contributed by atoms with Crippen LogP contribution >= 0.6 is 11.3 Å². The Bertz CT molecular complexity index is 739. The van der Waals surface area contributed by atoms with E-state index in [9.17, 15) is 4.79 Å². The molecule has 26 heavy (non-hydrogen) atoms. The first-order valence-corrected chi connectivity index (χ1v) is 9.88. The lowest BCUT2D eigenvalue weighted by molar-refractivity contribution is 0.0954. The molecule has 6 heteroatoms. The van der Waals surface area contributed by atoms with Crippen molar-refractivity contribution < 1.29 is 4.79 Å². The molecule has 1 amide bonds. The van der Waals surface area contributed by atoms with Crippen molar-refractivity contribution in [1.29, 1.82) is 0 Å². The molecule has 0 radical (unpaired) electrons. The normalized spacial score (nSPS) is 11.3. The van der Waals surface area contributed by atoms with Gasteiger partial charge in [0.25, 0.3) is 5.91 Å². The Morgan fingerprint density at radius 3 is 2.50 bits per heavy atom. The SMILES string of the molecule is CCNC(=NCc1ccc(CC)s1)NCCNC(=O)c1cccc(C)c1. The number of nitrogens with one attached hydrogen (secondary N) is 3. The Morgan fingerprint density at radius 1 is 1.04 bits per heavy atom. The number of thiophene rings is 1. The van der Waals surface area contributed by atoms with Crippen LogP contribution in [-0.4, -0.2) is 31.5 Å². The molecule has 0 unspecified atom stereocenters. The molecule has 140 valence electrons. The first-order chi connectivity index (χ1) is 12.6. The Labute approximate surface area is 159 Å². The van der Waals surface area contributed by atoms with Crippen LogP contribution in [0.4, 0.5) is 0 Å². The third-order valence-corrected chi connectivity index (χ3v) is 5.00. The summed E-state index contributed by atoms with van der Waals surface area (Å²) in [4.78, 5) is 19.4. The number of guanidine groups is 1. The predicted molar refractivity (Wildman–Crippen MR) is 110 cm³/mol. The molecule has 1 aromatic carbocycles. The zero-order valence-electron chi connectivity index (χ0n) is 15.8. The van der Waals surface area contributed by atoms with Crippen LogP contribution in [0.25, 0.3) is 0 Å². The molecule has 0 bridgehead atoms. The number of hydrogen-bond acceptors (Lipinski definition) is 3. The van der Waals surface area contributed by atoms with E-state index in [1.807, 2.05) is 38.1 Å². The number of nitrogens with zero attached hydrogens (tertiary/aromatic N) is 1. The van der Waals surface area contributed by atoms with Crippen molar-refractivity contribution in [2.24, 2.45) is 4.99 Å². The molecule has 2 aromatic rings. The maximum absolute atomic E-state index is 12.1. The summed E-state index contributed by atoms with van der Waals surface area (Å²) < 4.78 is 0. The minimum Gasteiger partial charge on any atom is -0.357 e. The molecule has 0 saturated heterocycles. The summed E-state index contributed by atoms with van der Waals surface area (Å²) in [7, 11) is 0. The van der Waals surface area contributed by atoms with E-state index in [0.717, 1.165) is 24.5 Å². The molecular weight excluding hydrogens is 344 g/mol. The molecule has 2 rings (SSSR count). The fourth-order valence-corrected chi connectivity index (χ4v) is 3.32. The van der Waals surface area contributed by atoms with Crippen molar-refractivity contribution in [2.75, 3.05) is 19.6 Å². The molecule has 0 fully saturated rings. The quantitative estimate of drug-likeness (QED) is 0.379. The second-order valence-corrected chi connectivity index (χ2v) is 7.22. The van der Waals surface area contributed by atoms with E-state index in [1.165, 1.54) is 9.75 Å². The van der Waals surface area contributed by atoms with E-state index < -0.39 is 0 Å². The van der Waals surface area contributed by atoms with E-state index in [-0.39, 0.29) is 5.91 Å². The second kappa shape index (κ2) is 10.6. The molecule has 0 aliphatic heterocycles. The van der Waals surface area contributed by atoms with Gasteiger partial charge in [0.05, 0.1) is 6.54 Å². The van der Waals surface area contributed by atoms with Crippen LogP contribution in [0, 0.1) is 6.92 Å². The van der Waals surface area contributed by atoms with E-state index in [4.69, 9.17) is 0 Å². The van der Waals surface area contributed by atoms with Gasteiger partial charge >= 0.3 is 0 Å². The lowest BCUT2D eigenvalue weighted by Crippen LogP contribution is -2.41. The standard InChI is InChI=1S/C20H28N4OS/c1-4-17-9-10-18(26-17)14-24-20(21-5-2)23-12-11-22-19(25)16-8-6-7-15(3)13-16/h6-10,13H,4-5,11-12,14H2,1-3H3,(H,22,25)(H2,21,23,24). The van der Waals surface area contributed by atoms with Gasteiger partial charge in [-0.1, -0.05) is 24.6 Å². The van der Waals surface area contributed by atoms with Crippen molar-refractivity contribution in [3.8, 4) is 0 Å². The van der Waals surface area contributed by atoms with Crippen LogP contribution in [0.3, 0.4) is 0 Å². The van der Waals surface area contributed by atoms with Crippen LogP contribution in [0.2, 0.25) is 0 Å². The topological polar surface area (TPSA) is 65.5 Å². The van der Waals surface area contributed by atoms with Crippen molar-refractivity contribution in [1.82, 2.24) is 16.0 Å². The Balaban J connectivity index is 1.78. The smallest absolute Gasteiger partial charge is 0.251 e. The summed E-state index contributed by atoms with van der Waals surface area (Å²) in [5, 5.41) is 9.42. The highest BCUT2D eigenvalue weighted by Gasteiger charge is 2.05. The van der Waals surface area contributed by atoms with Crippen molar-refractivity contribution in [3.05, 3.63) is 57.3 Å². The molecule has 0 aliphatic rings. The van der Waals surface area contributed by atoms with Crippen LogP contribution < -0.4 is 16.0 Å². The summed E-state index contributed by atoms with van der Waals surface area (Å²) in [5.41, 5.74) is 1.77. The third kappa shape index (κ3) is 6.52. The highest BCUT2D eigenvalue weighted by molar-refractivity contribution is 7.11. The van der Waals surface area contributed by atoms with Gasteiger partial charge in [0.1, 0.15) is 0 Å². The average molecular weight is 373 g/mol. The molecule has 0 saturated carbocycles. The summed E-state index contributed by atoms with van der Waals surface area (Å²) in [6, 6.07) is 11.9. The third-order valence-electron chi connectivity index (χ3n) is 3.79. The fourth-order valence-electron chi connectivity index (χ4n) is 2.44. The number of benzene rings is 1. The number of aryl methyl sites for hydroxylation is 2. The van der Waals surface area contributed by atoms with Gasteiger partial charge in [-0.05, 0) is 44.5 Å². The zero-order chi connectivity index (χ0) is 18.8. The molecule has 3 N–H and O–H groups in total. The Kier molecular flexibility index (Phi) is 8.15. The predicted octanol–water partition coefficient (Wildman–Crippen LogP) is 3.10. The minimum absolute atomic E-state index is 0.0527. The number of aliphatic imine (C=N–C) groups is 1. The van der Waals surface area contributed by atoms with Gasteiger partial charge in [0, 0.05) is 35.0 Å². The lowest BCUT2D eigenvalue weighted by atomic mass is 10.1. The Morgan fingerprint density at radius 2 is 1.81 bits per heavy atom. The van der Waals surface area contributed by atoms with E-state index in [2.05, 4.69) is 40.0 Å². The van der Waals surface area contributed by atoms with Gasteiger partial charge in [0.2, 0.25) is 0 Å².